The van der Waals surface area contributed by atoms with Crippen molar-refractivity contribution < 1.29 is 4.79 Å². The van der Waals surface area contributed by atoms with Gasteiger partial charge in [-0.3, -0.25) is 9.79 Å². The van der Waals surface area contributed by atoms with Crippen LogP contribution in [0, 0.1) is 0 Å². The van der Waals surface area contributed by atoms with Gasteiger partial charge in [0.15, 0.2) is 5.17 Å². The molecule has 25 heavy (non-hydrogen) atoms. The molecule has 2 fully saturated rings. The number of halogens is 1. The Morgan fingerprint density at radius 2 is 1.92 bits per heavy atom. The fourth-order valence-corrected chi connectivity index (χ4v) is 4.78. The minimum Gasteiger partial charge on any atom is -0.350 e. The summed E-state index contributed by atoms with van der Waals surface area (Å²) < 4.78 is 0. The van der Waals surface area contributed by atoms with Crippen molar-refractivity contribution in [2.45, 2.75) is 62.8 Å². The van der Waals surface area contributed by atoms with Crippen LogP contribution in [0.2, 0.25) is 0 Å². The minimum atomic E-state index is 0. The number of hydrogen-bond acceptors (Lipinski definition) is 3. The first-order valence-electron chi connectivity index (χ1n) is 8.95. The Morgan fingerprint density at radius 1 is 1.24 bits per heavy atom. The Bertz CT molecular complexity index is 590. The predicted octanol–water partition coefficient (Wildman–Crippen LogP) is 4.56. The van der Waals surface area contributed by atoms with Gasteiger partial charge in [0, 0.05) is 24.4 Å². The van der Waals surface area contributed by atoms with Crippen LogP contribution in [0.1, 0.15) is 45.4 Å². The highest BCUT2D eigenvalue weighted by Crippen LogP contribution is 2.33. The number of aliphatic imine (C=N–C) groups is 1. The maximum Gasteiger partial charge on any atom is 0.226 e. The molecule has 1 aromatic carbocycles. The van der Waals surface area contributed by atoms with Crippen molar-refractivity contribution in [1.29, 1.82) is 0 Å². The fourth-order valence-electron chi connectivity index (χ4n) is 3.50. The van der Waals surface area contributed by atoms with Crippen LogP contribution < -0.4 is 5.32 Å². The minimum absolute atomic E-state index is 0. The number of nitrogens with one attached hydrogen (secondary N) is 1. The highest BCUT2D eigenvalue weighted by molar-refractivity contribution is 8.14. The van der Waals surface area contributed by atoms with E-state index in [1.807, 2.05) is 42.1 Å². The lowest BCUT2D eigenvalue weighted by atomic mass is 9.96. The molecule has 1 aliphatic carbocycles. The van der Waals surface area contributed by atoms with Crippen molar-refractivity contribution in [2.24, 2.45) is 4.99 Å². The molecule has 0 aromatic heterocycles. The van der Waals surface area contributed by atoms with E-state index in [9.17, 15) is 4.79 Å². The number of carbonyl (C=O) groups excluding carboxylic acids is 1. The van der Waals surface area contributed by atoms with Crippen LogP contribution in [0.25, 0.3) is 0 Å². The summed E-state index contributed by atoms with van der Waals surface area (Å²) in [7, 11) is 2.08. The van der Waals surface area contributed by atoms with Crippen LogP contribution >= 0.6 is 24.2 Å². The zero-order valence-corrected chi connectivity index (χ0v) is 16.6. The molecule has 1 saturated heterocycles. The average molecular weight is 382 g/mol. The number of nitrogens with zero attached hydrogens (tertiary/aromatic N) is 2. The van der Waals surface area contributed by atoms with Gasteiger partial charge in [-0.05, 0) is 25.0 Å². The van der Waals surface area contributed by atoms with Crippen LogP contribution in [-0.2, 0) is 4.79 Å². The molecule has 1 aliphatic heterocycles. The molecular formula is C19H28ClN3OS. The second-order valence-electron chi connectivity index (χ2n) is 6.82. The van der Waals surface area contributed by atoms with Crippen molar-refractivity contribution in [3.8, 4) is 0 Å². The summed E-state index contributed by atoms with van der Waals surface area (Å²) in [6.45, 7) is 2.20. The van der Waals surface area contributed by atoms with E-state index in [4.69, 9.17) is 4.99 Å². The Labute approximate surface area is 161 Å². The van der Waals surface area contributed by atoms with Crippen LogP contribution in [-0.4, -0.2) is 40.4 Å². The number of para-hydroxylation sites is 1. The van der Waals surface area contributed by atoms with E-state index in [0.29, 0.717) is 17.7 Å². The molecule has 0 bridgehead atoms. The predicted molar refractivity (Wildman–Crippen MR) is 110 cm³/mol. The molecule has 1 saturated carbocycles. The van der Waals surface area contributed by atoms with Gasteiger partial charge in [-0.1, -0.05) is 56.1 Å². The molecule has 138 valence electrons. The molecule has 4 nitrogen and oxygen atoms in total. The highest BCUT2D eigenvalue weighted by atomic mass is 35.5. The molecule has 2 aliphatic rings. The SMILES string of the molecule is CC1SC(=NC2CCCCC2)N(C)C1CC(=O)Nc1ccccc1.Cl. The van der Waals surface area contributed by atoms with Crippen LogP contribution in [0.3, 0.4) is 0 Å². The third-order valence-corrected chi connectivity index (χ3v) is 6.24. The van der Waals surface area contributed by atoms with Crippen LogP contribution in [0.15, 0.2) is 35.3 Å². The van der Waals surface area contributed by atoms with E-state index in [-0.39, 0.29) is 24.4 Å². The lowest BCUT2D eigenvalue weighted by Gasteiger charge is -2.24. The number of benzene rings is 1. The fraction of sp³-hybridized carbons (Fsp3) is 0.579. The summed E-state index contributed by atoms with van der Waals surface area (Å²) in [4.78, 5) is 19.6. The smallest absolute Gasteiger partial charge is 0.226 e. The van der Waals surface area contributed by atoms with Gasteiger partial charge in [0.25, 0.3) is 0 Å². The Hall–Kier alpha value is -1.20. The summed E-state index contributed by atoms with van der Waals surface area (Å²) in [6.07, 6.45) is 6.88. The Morgan fingerprint density at radius 3 is 2.60 bits per heavy atom. The average Bonchev–Trinajstić information content (AvgIpc) is 2.84. The van der Waals surface area contributed by atoms with Gasteiger partial charge in [0.1, 0.15) is 0 Å². The molecule has 2 unspecified atom stereocenters. The van der Waals surface area contributed by atoms with E-state index < -0.39 is 0 Å². The van der Waals surface area contributed by atoms with Crippen molar-refractivity contribution >= 4 is 40.9 Å². The lowest BCUT2D eigenvalue weighted by molar-refractivity contribution is -0.117. The monoisotopic (exact) mass is 381 g/mol. The van der Waals surface area contributed by atoms with E-state index in [1.165, 1.54) is 32.1 Å². The van der Waals surface area contributed by atoms with Gasteiger partial charge >= 0.3 is 0 Å². The molecule has 2 atom stereocenters. The standard InChI is InChI=1S/C19H27N3OS.ClH/c1-14-17(13-18(23)20-15-9-5-3-6-10-15)22(2)19(24-14)21-16-11-7-4-8-12-16;/h3,5-6,9-10,14,16-17H,4,7-8,11-13H2,1-2H3,(H,20,23);1H. The van der Waals surface area contributed by atoms with Crippen LogP contribution in [0.5, 0.6) is 0 Å². The van der Waals surface area contributed by atoms with Crippen molar-refractivity contribution in [3.05, 3.63) is 30.3 Å². The zero-order valence-electron chi connectivity index (χ0n) is 15.0. The van der Waals surface area contributed by atoms with E-state index in [2.05, 4.69) is 24.2 Å². The summed E-state index contributed by atoms with van der Waals surface area (Å²) in [5.74, 6) is 0.0735. The molecule has 6 heteroatoms. The highest BCUT2D eigenvalue weighted by Gasteiger charge is 2.35. The first-order chi connectivity index (χ1) is 11.6. The molecular weight excluding hydrogens is 354 g/mol. The van der Waals surface area contributed by atoms with Gasteiger partial charge in [-0.15, -0.1) is 12.4 Å². The van der Waals surface area contributed by atoms with Gasteiger partial charge < -0.3 is 10.2 Å². The van der Waals surface area contributed by atoms with Crippen molar-refractivity contribution in [1.82, 2.24) is 4.90 Å². The Kier molecular flexibility index (Phi) is 7.63. The second-order valence-corrected chi connectivity index (χ2v) is 8.17. The van der Waals surface area contributed by atoms with E-state index in [1.54, 1.807) is 0 Å². The molecule has 0 radical (unpaired) electrons. The number of anilines is 1. The van der Waals surface area contributed by atoms with Gasteiger partial charge in [0.2, 0.25) is 5.91 Å². The maximum atomic E-state index is 12.4. The third-order valence-electron chi connectivity index (χ3n) is 4.95. The van der Waals surface area contributed by atoms with E-state index >= 15 is 0 Å². The number of amidine groups is 1. The summed E-state index contributed by atoms with van der Waals surface area (Å²) in [6, 6.07) is 10.4. The first-order valence-corrected chi connectivity index (χ1v) is 9.83. The van der Waals surface area contributed by atoms with Crippen LogP contribution in [0.4, 0.5) is 5.69 Å². The normalized spacial score (nSPS) is 25.7. The molecule has 1 heterocycles. The topological polar surface area (TPSA) is 44.7 Å². The number of hydrogen-bond donors (Lipinski definition) is 1. The number of rotatable bonds is 4. The molecule has 1 amide bonds. The maximum absolute atomic E-state index is 12.4. The molecule has 0 spiro atoms. The molecule has 1 N–H and O–H groups in total. The quantitative estimate of drug-likeness (QED) is 0.831. The largest absolute Gasteiger partial charge is 0.350 e. The van der Waals surface area contributed by atoms with Gasteiger partial charge in [-0.25, -0.2) is 0 Å². The summed E-state index contributed by atoms with van der Waals surface area (Å²) >= 11 is 1.82. The van der Waals surface area contributed by atoms with E-state index in [0.717, 1.165) is 10.9 Å². The van der Waals surface area contributed by atoms with Gasteiger partial charge in [0.05, 0.1) is 12.1 Å². The first kappa shape index (κ1) is 20.1. The summed E-state index contributed by atoms with van der Waals surface area (Å²) in [5, 5.41) is 4.50. The number of carbonyl (C=O) groups is 1. The van der Waals surface area contributed by atoms with Crippen molar-refractivity contribution in [2.75, 3.05) is 12.4 Å². The lowest BCUT2D eigenvalue weighted by Crippen LogP contribution is -2.36. The second kappa shape index (κ2) is 9.48. The Balaban J connectivity index is 0.00000225. The van der Waals surface area contributed by atoms with Gasteiger partial charge in [-0.2, -0.15) is 0 Å². The summed E-state index contributed by atoms with van der Waals surface area (Å²) in [5.41, 5.74) is 0.861. The van der Waals surface area contributed by atoms with Crippen molar-refractivity contribution in [3.63, 3.8) is 0 Å². The third kappa shape index (κ3) is 5.38. The number of amides is 1. The zero-order chi connectivity index (χ0) is 16.9. The number of thioether (sulfide) groups is 1. The molecule has 3 rings (SSSR count). The molecule has 1 aromatic rings.